The lowest BCUT2D eigenvalue weighted by atomic mass is 10.0. The molecule has 1 N–H and O–H groups in total. The molecule has 0 unspecified atom stereocenters. The van der Waals surface area contributed by atoms with E-state index >= 15 is 0 Å². The molecular weight excluding hydrogens is 440 g/mol. The normalized spacial score (nSPS) is 13.7. The van der Waals surface area contributed by atoms with Gasteiger partial charge in [-0.1, -0.05) is 12.1 Å². The molecule has 0 fully saturated rings. The van der Waals surface area contributed by atoms with Gasteiger partial charge in [0.2, 0.25) is 0 Å². The van der Waals surface area contributed by atoms with Crippen LogP contribution in [0.3, 0.4) is 0 Å². The number of halogens is 4. The van der Waals surface area contributed by atoms with E-state index in [-0.39, 0.29) is 22.6 Å². The maximum Gasteiger partial charge on any atom is 0.282 e. The van der Waals surface area contributed by atoms with Gasteiger partial charge in [0, 0.05) is 17.8 Å². The van der Waals surface area contributed by atoms with Gasteiger partial charge in [-0.2, -0.15) is 0 Å². The van der Waals surface area contributed by atoms with Gasteiger partial charge < -0.3 is 10.1 Å². The highest BCUT2D eigenvalue weighted by Gasteiger charge is 2.40. The van der Waals surface area contributed by atoms with Crippen molar-refractivity contribution in [2.24, 2.45) is 0 Å². The van der Waals surface area contributed by atoms with Gasteiger partial charge >= 0.3 is 0 Å². The molecule has 168 valence electrons. The summed E-state index contributed by atoms with van der Waals surface area (Å²) in [5.74, 6) is -5.77. The fraction of sp³-hybridized carbons (Fsp3) is 0.0833. The van der Waals surface area contributed by atoms with Crippen LogP contribution in [0, 0.1) is 23.3 Å². The van der Waals surface area contributed by atoms with Crippen molar-refractivity contribution in [2.45, 2.75) is 6.92 Å². The van der Waals surface area contributed by atoms with Crippen LogP contribution in [0.5, 0.6) is 5.75 Å². The number of amides is 2. The minimum Gasteiger partial charge on any atom is -0.494 e. The highest BCUT2D eigenvalue weighted by atomic mass is 19.2. The molecule has 0 atom stereocenters. The van der Waals surface area contributed by atoms with Gasteiger partial charge in [-0.15, -0.1) is 0 Å². The van der Waals surface area contributed by atoms with Gasteiger partial charge in [0.25, 0.3) is 11.8 Å². The number of anilines is 2. The maximum absolute atomic E-state index is 13.8. The van der Waals surface area contributed by atoms with Crippen LogP contribution in [-0.2, 0) is 9.59 Å². The summed E-state index contributed by atoms with van der Waals surface area (Å²) >= 11 is 0. The second-order valence-corrected chi connectivity index (χ2v) is 7.01. The van der Waals surface area contributed by atoms with Crippen molar-refractivity contribution < 1.29 is 31.9 Å². The van der Waals surface area contributed by atoms with Gasteiger partial charge in [-0.25, -0.2) is 22.5 Å². The predicted molar refractivity (Wildman–Crippen MR) is 113 cm³/mol. The zero-order chi connectivity index (χ0) is 23.7. The highest BCUT2D eigenvalue weighted by Crippen LogP contribution is 2.35. The lowest BCUT2D eigenvalue weighted by molar-refractivity contribution is -0.120. The summed E-state index contributed by atoms with van der Waals surface area (Å²) in [6, 6.07) is 11.8. The lowest BCUT2D eigenvalue weighted by Crippen LogP contribution is -2.32. The third-order valence-electron chi connectivity index (χ3n) is 4.89. The number of hydrogen-bond acceptors (Lipinski definition) is 4. The highest BCUT2D eigenvalue weighted by molar-refractivity contribution is 6.46. The Kier molecular flexibility index (Phi) is 5.87. The summed E-state index contributed by atoms with van der Waals surface area (Å²) in [5, 5.41) is 2.67. The molecule has 33 heavy (non-hydrogen) atoms. The van der Waals surface area contributed by atoms with Crippen LogP contribution >= 0.6 is 0 Å². The zero-order valence-electron chi connectivity index (χ0n) is 17.2. The number of nitrogens with zero attached hydrogens (tertiary/aromatic N) is 1. The number of hydrogen-bond donors (Lipinski definition) is 1. The first-order valence-corrected chi connectivity index (χ1v) is 9.83. The fourth-order valence-electron chi connectivity index (χ4n) is 3.37. The van der Waals surface area contributed by atoms with Crippen LogP contribution in [0.4, 0.5) is 28.9 Å². The summed E-state index contributed by atoms with van der Waals surface area (Å²) < 4.78 is 59.6. The second kappa shape index (κ2) is 8.78. The molecule has 5 nitrogen and oxygen atoms in total. The molecule has 3 aromatic carbocycles. The van der Waals surface area contributed by atoms with E-state index < -0.39 is 35.1 Å². The van der Waals surface area contributed by atoms with Crippen LogP contribution in [0.2, 0.25) is 0 Å². The SMILES string of the molecule is CCOc1ccc(C2=C(Nc3ccc(F)c(F)c3)C(=O)N(c3ccc(F)c(F)c3)C2=O)cc1. The molecule has 0 saturated heterocycles. The fourth-order valence-corrected chi connectivity index (χ4v) is 3.37. The second-order valence-electron chi connectivity index (χ2n) is 7.01. The summed E-state index contributed by atoms with van der Waals surface area (Å²) in [6.45, 7) is 2.23. The Hall–Kier alpha value is -4.14. The number of imide groups is 1. The first-order chi connectivity index (χ1) is 15.8. The minimum atomic E-state index is -1.24. The number of benzene rings is 3. The third kappa shape index (κ3) is 4.17. The van der Waals surface area contributed by atoms with Gasteiger partial charge in [0.15, 0.2) is 23.3 Å². The van der Waals surface area contributed by atoms with Crippen molar-refractivity contribution in [3.63, 3.8) is 0 Å². The predicted octanol–water partition coefficient (Wildman–Crippen LogP) is 5.04. The molecule has 0 aromatic heterocycles. The van der Waals surface area contributed by atoms with E-state index in [9.17, 15) is 27.2 Å². The van der Waals surface area contributed by atoms with Crippen molar-refractivity contribution >= 4 is 28.8 Å². The van der Waals surface area contributed by atoms with Crippen LogP contribution in [0.15, 0.2) is 66.4 Å². The van der Waals surface area contributed by atoms with Crippen molar-refractivity contribution in [3.05, 3.63) is 95.2 Å². The summed E-state index contributed by atoms with van der Waals surface area (Å²) in [4.78, 5) is 27.1. The van der Waals surface area contributed by atoms with Crippen LogP contribution in [0.25, 0.3) is 5.57 Å². The van der Waals surface area contributed by atoms with Crippen LogP contribution < -0.4 is 15.0 Å². The Morgan fingerprint density at radius 1 is 0.788 bits per heavy atom. The molecule has 1 aliphatic rings. The first-order valence-electron chi connectivity index (χ1n) is 9.83. The van der Waals surface area contributed by atoms with Gasteiger partial charge in [-0.05, 0) is 48.9 Å². The van der Waals surface area contributed by atoms with Gasteiger partial charge in [0.05, 0.1) is 17.9 Å². The monoisotopic (exact) mass is 456 g/mol. The summed E-state index contributed by atoms with van der Waals surface area (Å²) in [5.41, 5.74) is -0.167. The quantitative estimate of drug-likeness (QED) is 0.417. The Balaban J connectivity index is 1.80. The van der Waals surface area contributed by atoms with E-state index in [1.165, 1.54) is 6.07 Å². The van der Waals surface area contributed by atoms with Crippen molar-refractivity contribution in [3.8, 4) is 5.75 Å². The van der Waals surface area contributed by atoms with Gasteiger partial charge in [-0.3, -0.25) is 9.59 Å². The molecule has 1 aliphatic heterocycles. The molecule has 9 heteroatoms. The minimum absolute atomic E-state index is 0.0145. The van der Waals surface area contributed by atoms with Crippen molar-refractivity contribution in [2.75, 3.05) is 16.8 Å². The van der Waals surface area contributed by atoms with E-state index in [1.54, 1.807) is 31.2 Å². The maximum atomic E-state index is 13.8. The largest absolute Gasteiger partial charge is 0.494 e. The zero-order valence-corrected chi connectivity index (χ0v) is 17.2. The molecular formula is C24H16F4N2O3. The van der Waals surface area contributed by atoms with Gasteiger partial charge in [0.1, 0.15) is 11.4 Å². The molecule has 0 aliphatic carbocycles. The van der Waals surface area contributed by atoms with E-state index in [4.69, 9.17) is 4.74 Å². The summed E-state index contributed by atoms with van der Waals surface area (Å²) in [7, 11) is 0. The van der Waals surface area contributed by atoms with E-state index in [1.807, 2.05) is 0 Å². The Labute approximate surface area is 185 Å². The van der Waals surface area contributed by atoms with Crippen molar-refractivity contribution in [1.82, 2.24) is 0 Å². The third-order valence-corrected chi connectivity index (χ3v) is 4.89. The smallest absolute Gasteiger partial charge is 0.282 e. The average Bonchev–Trinajstić information content (AvgIpc) is 3.03. The molecule has 0 spiro atoms. The molecule has 0 saturated carbocycles. The number of rotatable bonds is 6. The van der Waals surface area contributed by atoms with Crippen LogP contribution in [-0.4, -0.2) is 18.4 Å². The van der Waals surface area contributed by atoms with Crippen molar-refractivity contribution in [1.29, 1.82) is 0 Å². The Morgan fingerprint density at radius 2 is 1.42 bits per heavy atom. The molecule has 3 aromatic rings. The number of carbonyl (C=O) groups excluding carboxylic acids is 2. The average molecular weight is 456 g/mol. The van der Waals surface area contributed by atoms with Crippen LogP contribution in [0.1, 0.15) is 12.5 Å². The lowest BCUT2D eigenvalue weighted by Gasteiger charge is -2.15. The van der Waals surface area contributed by atoms with E-state index in [0.717, 1.165) is 30.3 Å². The Morgan fingerprint density at radius 3 is 2.03 bits per heavy atom. The molecule has 0 bridgehead atoms. The number of ether oxygens (including phenoxy) is 1. The molecule has 1 heterocycles. The van der Waals surface area contributed by atoms with E-state index in [0.29, 0.717) is 22.8 Å². The first kappa shape index (κ1) is 22.1. The van der Waals surface area contributed by atoms with E-state index in [2.05, 4.69) is 5.32 Å². The molecule has 4 rings (SSSR count). The standard InChI is InChI=1S/C24H16F4N2O3/c1-2-33-16-7-3-13(4-8-16)21-22(29-14-5-9-17(25)19(27)11-14)24(32)30(23(21)31)15-6-10-18(26)20(28)12-15/h3-12,29H,2H2,1H3. The molecule has 0 radical (unpaired) electrons. The summed E-state index contributed by atoms with van der Waals surface area (Å²) in [6.07, 6.45) is 0. The topological polar surface area (TPSA) is 58.6 Å². The number of carbonyl (C=O) groups is 2. The molecule has 2 amide bonds. The Bertz CT molecular complexity index is 1290. The number of nitrogens with one attached hydrogen (secondary N) is 1.